The van der Waals surface area contributed by atoms with E-state index in [0.717, 1.165) is 5.56 Å². The van der Waals surface area contributed by atoms with Gasteiger partial charge in [0, 0.05) is 24.7 Å². The minimum absolute atomic E-state index is 0.168. The molecule has 0 aliphatic heterocycles. The number of amides is 2. The van der Waals surface area contributed by atoms with Gasteiger partial charge in [0.2, 0.25) is 0 Å². The van der Waals surface area contributed by atoms with Crippen LogP contribution in [0.5, 0.6) is 11.5 Å². The number of ether oxygens (including phenoxy) is 2. The number of halogens is 1. The lowest BCUT2D eigenvalue weighted by Gasteiger charge is -2.13. The van der Waals surface area contributed by atoms with Crippen LogP contribution in [0.15, 0.2) is 40.9 Å². The molecule has 0 unspecified atom stereocenters. The molecule has 0 aliphatic carbocycles. The Labute approximate surface area is 161 Å². The highest BCUT2D eigenvalue weighted by atomic mass is 79.9. The SMILES string of the molecule is CCOc1c(Br)cc(C(=O)NCc2cccc(C(=O)NC)c2)cc1OC. The summed E-state index contributed by atoms with van der Waals surface area (Å²) in [6.07, 6.45) is 0. The monoisotopic (exact) mass is 420 g/mol. The molecule has 2 N–H and O–H groups in total. The number of methoxy groups -OCH3 is 1. The molecule has 0 atom stereocenters. The van der Waals surface area contributed by atoms with Crippen molar-refractivity contribution in [3.05, 3.63) is 57.6 Å². The fourth-order valence-electron chi connectivity index (χ4n) is 2.39. The molecule has 6 nitrogen and oxygen atoms in total. The Bertz CT molecular complexity index is 808. The molecule has 7 heteroatoms. The summed E-state index contributed by atoms with van der Waals surface area (Å²) in [6, 6.07) is 10.4. The van der Waals surface area contributed by atoms with Crippen molar-refractivity contribution in [3.63, 3.8) is 0 Å². The lowest BCUT2D eigenvalue weighted by Crippen LogP contribution is -2.23. The summed E-state index contributed by atoms with van der Waals surface area (Å²) in [5.41, 5.74) is 1.82. The number of carbonyl (C=O) groups excluding carboxylic acids is 2. The van der Waals surface area contributed by atoms with Gasteiger partial charge in [-0.15, -0.1) is 0 Å². The molecule has 0 saturated carbocycles. The van der Waals surface area contributed by atoms with Gasteiger partial charge in [-0.25, -0.2) is 0 Å². The zero-order valence-electron chi connectivity index (χ0n) is 14.9. The predicted octanol–water partition coefficient (Wildman–Crippen LogP) is 3.15. The van der Waals surface area contributed by atoms with Gasteiger partial charge in [-0.1, -0.05) is 12.1 Å². The molecule has 2 aromatic rings. The average Bonchev–Trinajstić information content (AvgIpc) is 2.67. The fraction of sp³-hybridized carbons (Fsp3) is 0.263. The first kappa shape index (κ1) is 19.8. The van der Waals surface area contributed by atoms with Crippen molar-refractivity contribution in [2.45, 2.75) is 13.5 Å². The van der Waals surface area contributed by atoms with Gasteiger partial charge in [0.05, 0.1) is 18.2 Å². The average molecular weight is 421 g/mol. The summed E-state index contributed by atoms with van der Waals surface area (Å²) in [5.74, 6) is 0.619. The Morgan fingerprint density at radius 2 is 1.88 bits per heavy atom. The first-order valence-electron chi connectivity index (χ1n) is 8.09. The molecule has 0 heterocycles. The van der Waals surface area contributed by atoms with Crippen LogP contribution >= 0.6 is 15.9 Å². The van der Waals surface area contributed by atoms with Gasteiger partial charge in [0.15, 0.2) is 11.5 Å². The van der Waals surface area contributed by atoms with Crippen LogP contribution < -0.4 is 20.1 Å². The summed E-state index contributed by atoms with van der Waals surface area (Å²) in [6.45, 7) is 2.67. The van der Waals surface area contributed by atoms with Gasteiger partial charge in [0.1, 0.15) is 0 Å². The van der Waals surface area contributed by atoms with Crippen LogP contribution in [0.2, 0.25) is 0 Å². The van der Waals surface area contributed by atoms with Gasteiger partial charge in [0.25, 0.3) is 11.8 Å². The Balaban J connectivity index is 2.13. The molecule has 26 heavy (non-hydrogen) atoms. The molecule has 0 fully saturated rings. The largest absolute Gasteiger partial charge is 0.493 e. The maximum absolute atomic E-state index is 12.5. The van der Waals surface area contributed by atoms with E-state index in [1.807, 2.05) is 13.0 Å². The molecule has 0 aromatic heterocycles. The molecule has 0 aliphatic rings. The summed E-state index contributed by atoms with van der Waals surface area (Å²) in [4.78, 5) is 24.2. The van der Waals surface area contributed by atoms with E-state index >= 15 is 0 Å². The maximum atomic E-state index is 12.5. The predicted molar refractivity (Wildman–Crippen MR) is 103 cm³/mol. The van der Waals surface area contributed by atoms with Crippen molar-refractivity contribution in [1.82, 2.24) is 10.6 Å². The first-order valence-corrected chi connectivity index (χ1v) is 8.89. The Morgan fingerprint density at radius 3 is 2.54 bits per heavy atom. The molecular weight excluding hydrogens is 400 g/mol. The van der Waals surface area contributed by atoms with Crippen LogP contribution in [0, 0.1) is 0 Å². The molecular formula is C19H21BrN2O4. The van der Waals surface area contributed by atoms with E-state index in [9.17, 15) is 9.59 Å². The van der Waals surface area contributed by atoms with E-state index in [1.165, 1.54) is 7.11 Å². The van der Waals surface area contributed by atoms with Crippen LogP contribution in [0.25, 0.3) is 0 Å². The lowest BCUT2D eigenvalue weighted by atomic mass is 10.1. The number of nitrogens with one attached hydrogen (secondary N) is 2. The highest BCUT2D eigenvalue weighted by Crippen LogP contribution is 2.36. The molecule has 2 aromatic carbocycles. The van der Waals surface area contributed by atoms with Crippen LogP contribution in [0.1, 0.15) is 33.2 Å². The summed E-state index contributed by atoms with van der Waals surface area (Å²) in [7, 11) is 3.10. The lowest BCUT2D eigenvalue weighted by molar-refractivity contribution is 0.0948. The third-order valence-electron chi connectivity index (χ3n) is 3.65. The normalized spacial score (nSPS) is 10.2. The first-order chi connectivity index (χ1) is 12.5. The topological polar surface area (TPSA) is 76.7 Å². The number of rotatable bonds is 7. The van der Waals surface area contributed by atoms with Crippen LogP contribution in [0.3, 0.4) is 0 Å². The van der Waals surface area contributed by atoms with Gasteiger partial charge in [-0.2, -0.15) is 0 Å². The van der Waals surface area contributed by atoms with E-state index in [2.05, 4.69) is 26.6 Å². The maximum Gasteiger partial charge on any atom is 0.251 e. The standard InChI is InChI=1S/C19H21BrN2O4/c1-4-26-17-15(20)9-14(10-16(17)25-3)19(24)22-11-12-6-5-7-13(8-12)18(23)21-2/h5-10H,4,11H2,1-3H3,(H,21,23)(H,22,24). The van der Waals surface area contributed by atoms with Gasteiger partial charge < -0.3 is 20.1 Å². The number of carbonyl (C=O) groups is 2. The quantitative estimate of drug-likeness (QED) is 0.720. The van der Waals surface area contributed by atoms with Crippen molar-refractivity contribution in [2.75, 3.05) is 20.8 Å². The van der Waals surface area contributed by atoms with Crippen LogP contribution in [0.4, 0.5) is 0 Å². The Hall–Kier alpha value is -2.54. The van der Waals surface area contributed by atoms with Crippen LogP contribution in [-0.2, 0) is 6.54 Å². The molecule has 138 valence electrons. The molecule has 2 amide bonds. The van der Waals surface area contributed by atoms with Crippen molar-refractivity contribution in [1.29, 1.82) is 0 Å². The second-order valence-electron chi connectivity index (χ2n) is 5.38. The van der Waals surface area contributed by atoms with Gasteiger partial charge in [-0.3, -0.25) is 9.59 Å². The van der Waals surface area contributed by atoms with E-state index in [4.69, 9.17) is 9.47 Å². The van der Waals surface area contributed by atoms with E-state index in [0.29, 0.717) is 40.3 Å². The van der Waals surface area contributed by atoms with Gasteiger partial charge >= 0.3 is 0 Å². The highest BCUT2D eigenvalue weighted by Gasteiger charge is 2.15. The minimum Gasteiger partial charge on any atom is -0.493 e. The summed E-state index contributed by atoms with van der Waals surface area (Å²) >= 11 is 3.41. The molecule has 0 bridgehead atoms. The number of hydrogen-bond acceptors (Lipinski definition) is 4. The minimum atomic E-state index is -0.252. The molecule has 2 rings (SSSR count). The summed E-state index contributed by atoms with van der Waals surface area (Å²) in [5, 5.41) is 5.42. The third kappa shape index (κ3) is 4.76. The van der Waals surface area contributed by atoms with Gasteiger partial charge in [-0.05, 0) is 52.7 Å². The van der Waals surface area contributed by atoms with Crippen molar-refractivity contribution >= 4 is 27.7 Å². The molecule has 0 radical (unpaired) electrons. The zero-order chi connectivity index (χ0) is 19.1. The number of hydrogen-bond donors (Lipinski definition) is 2. The van der Waals surface area contributed by atoms with E-state index in [1.54, 1.807) is 37.4 Å². The van der Waals surface area contributed by atoms with Crippen LogP contribution in [-0.4, -0.2) is 32.6 Å². The smallest absolute Gasteiger partial charge is 0.251 e. The van der Waals surface area contributed by atoms with Crippen molar-refractivity contribution in [2.24, 2.45) is 0 Å². The second-order valence-corrected chi connectivity index (χ2v) is 6.24. The Morgan fingerprint density at radius 1 is 1.12 bits per heavy atom. The molecule has 0 saturated heterocycles. The molecule has 0 spiro atoms. The zero-order valence-corrected chi connectivity index (χ0v) is 16.5. The third-order valence-corrected chi connectivity index (χ3v) is 4.24. The number of benzene rings is 2. The second kappa shape index (κ2) is 9.24. The van der Waals surface area contributed by atoms with E-state index < -0.39 is 0 Å². The van der Waals surface area contributed by atoms with Crippen molar-refractivity contribution in [3.8, 4) is 11.5 Å². The van der Waals surface area contributed by atoms with E-state index in [-0.39, 0.29) is 11.8 Å². The van der Waals surface area contributed by atoms with Crippen molar-refractivity contribution < 1.29 is 19.1 Å². The highest BCUT2D eigenvalue weighted by molar-refractivity contribution is 9.10. The fourth-order valence-corrected chi connectivity index (χ4v) is 2.94. The Kier molecular flexibility index (Phi) is 7.03. The summed E-state index contributed by atoms with van der Waals surface area (Å²) < 4.78 is 11.5.